The molecule has 1 aliphatic carbocycles. The predicted molar refractivity (Wildman–Crippen MR) is 160 cm³/mol. The molecule has 3 fully saturated rings. The van der Waals surface area contributed by atoms with Gasteiger partial charge in [0.05, 0.1) is 23.8 Å². The van der Waals surface area contributed by atoms with Gasteiger partial charge in [-0.3, -0.25) is 15.0 Å². The van der Waals surface area contributed by atoms with Crippen LogP contribution in [0.25, 0.3) is 0 Å². The number of hydrogen-bond acceptors (Lipinski definition) is 8. The Labute approximate surface area is 247 Å². The third-order valence-corrected chi connectivity index (χ3v) is 10.3. The number of thiophene rings is 1. The molecule has 1 saturated carbocycles. The van der Waals surface area contributed by atoms with Crippen molar-refractivity contribution >= 4 is 39.0 Å². The number of carbonyl (C=O) groups excluding carboxylic acids is 2. The van der Waals surface area contributed by atoms with E-state index >= 15 is 0 Å². The van der Waals surface area contributed by atoms with Crippen molar-refractivity contribution in [1.82, 2.24) is 20.3 Å². The number of nitrogens with zero attached hydrogens (tertiary/aromatic N) is 1. The minimum Gasteiger partial charge on any atom is -0.383 e. The third kappa shape index (κ3) is 9.74. The SMILES string of the molecule is CS(=O)(=O)N[C@H](CCC1CCNCC1)C(=O)N1C[C@H](OCC2CCCCC2)C[C@H]1C(=O)NCc1ccc(C(=N)N)s1. The van der Waals surface area contributed by atoms with Crippen LogP contribution in [0.1, 0.15) is 74.0 Å². The van der Waals surface area contributed by atoms with Gasteiger partial charge in [-0.25, -0.2) is 13.1 Å². The van der Waals surface area contributed by atoms with Crippen molar-refractivity contribution in [1.29, 1.82) is 5.41 Å². The fourth-order valence-electron chi connectivity index (χ4n) is 6.21. The summed E-state index contributed by atoms with van der Waals surface area (Å²) in [5.74, 6) is 0.245. The van der Waals surface area contributed by atoms with Crippen LogP contribution in [-0.4, -0.2) is 81.7 Å². The van der Waals surface area contributed by atoms with Gasteiger partial charge in [-0.1, -0.05) is 19.3 Å². The first-order valence-electron chi connectivity index (χ1n) is 14.9. The minimum atomic E-state index is -3.65. The molecular formula is C28H46N6O5S2. The highest BCUT2D eigenvalue weighted by Gasteiger charge is 2.43. The Bertz CT molecular complexity index is 1150. The minimum absolute atomic E-state index is 0.0213. The Balaban J connectivity index is 1.45. The van der Waals surface area contributed by atoms with Crippen LogP contribution in [0.4, 0.5) is 0 Å². The Morgan fingerprint density at radius 2 is 1.90 bits per heavy atom. The second kappa shape index (κ2) is 14.9. The van der Waals surface area contributed by atoms with E-state index in [1.807, 2.05) is 6.07 Å². The standard InChI is InChI=1S/C28H46N6O5S2/c1-41(37,38)33-23(9-7-19-11-13-31-14-12-19)28(36)34-17-21(39-18-20-5-3-2-4-6-20)15-24(34)27(35)32-16-22-8-10-25(40-22)26(29)30/h8,10,19-21,23-24,31,33H,2-7,9,11-18H2,1H3,(H3,29,30)(H,32,35)/t21-,23-,24+/m1/s1. The Kier molecular flexibility index (Phi) is 11.6. The average molecular weight is 611 g/mol. The van der Waals surface area contributed by atoms with Gasteiger partial charge in [0, 0.05) is 24.4 Å². The van der Waals surface area contributed by atoms with E-state index in [1.54, 1.807) is 6.07 Å². The van der Waals surface area contributed by atoms with Gasteiger partial charge in [-0.05, 0) is 75.6 Å². The number of ether oxygens (including phenoxy) is 1. The first kappa shape index (κ1) is 31.9. The molecule has 3 atom stereocenters. The maximum atomic E-state index is 13.9. The van der Waals surface area contributed by atoms with E-state index < -0.39 is 22.1 Å². The number of piperidine rings is 1. The van der Waals surface area contributed by atoms with Crippen molar-refractivity contribution in [2.45, 2.75) is 88.9 Å². The molecule has 1 aromatic rings. The van der Waals surface area contributed by atoms with Crippen LogP contribution in [0.3, 0.4) is 0 Å². The topological polar surface area (TPSA) is 167 Å². The number of nitrogens with two attached hydrogens (primary N) is 1. The number of hydrogen-bond donors (Lipinski definition) is 5. The second-order valence-corrected chi connectivity index (χ2v) is 14.8. The van der Waals surface area contributed by atoms with E-state index in [1.165, 1.54) is 35.5 Å². The number of likely N-dealkylation sites (tertiary alicyclic amines) is 1. The summed E-state index contributed by atoms with van der Waals surface area (Å²) in [4.78, 5) is 30.4. The molecule has 1 aromatic heterocycles. The number of nitrogens with one attached hydrogen (secondary N) is 4. The van der Waals surface area contributed by atoms with Crippen molar-refractivity contribution in [3.63, 3.8) is 0 Å². The molecule has 2 aliphatic heterocycles. The monoisotopic (exact) mass is 610 g/mol. The lowest BCUT2D eigenvalue weighted by atomic mass is 9.90. The van der Waals surface area contributed by atoms with Gasteiger partial charge in [0.1, 0.15) is 17.9 Å². The Morgan fingerprint density at radius 3 is 2.56 bits per heavy atom. The molecule has 6 N–H and O–H groups in total. The lowest BCUT2D eigenvalue weighted by molar-refractivity contribution is -0.140. The van der Waals surface area contributed by atoms with Gasteiger partial charge in [-0.15, -0.1) is 11.3 Å². The highest BCUT2D eigenvalue weighted by molar-refractivity contribution is 7.88. The zero-order valence-corrected chi connectivity index (χ0v) is 25.7. The van der Waals surface area contributed by atoms with E-state index in [9.17, 15) is 18.0 Å². The van der Waals surface area contributed by atoms with Crippen molar-refractivity contribution in [3.05, 3.63) is 21.9 Å². The highest BCUT2D eigenvalue weighted by Crippen LogP contribution is 2.28. The number of carbonyl (C=O) groups is 2. The summed E-state index contributed by atoms with van der Waals surface area (Å²) in [6, 6.07) is 1.89. The molecular weight excluding hydrogens is 564 g/mol. The number of amidine groups is 1. The van der Waals surface area contributed by atoms with Gasteiger partial charge in [0.2, 0.25) is 21.8 Å². The molecule has 3 heterocycles. The maximum Gasteiger partial charge on any atom is 0.243 e. The van der Waals surface area contributed by atoms with Crippen LogP contribution in [0, 0.1) is 17.2 Å². The largest absolute Gasteiger partial charge is 0.383 e. The van der Waals surface area contributed by atoms with Gasteiger partial charge < -0.3 is 26.0 Å². The molecule has 0 unspecified atom stereocenters. The zero-order chi connectivity index (χ0) is 29.4. The average Bonchev–Trinajstić information content (AvgIpc) is 3.61. The first-order chi connectivity index (χ1) is 19.6. The molecule has 0 spiro atoms. The number of sulfonamides is 1. The highest BCUT2D eigenvalue weighted by atomic mass is 32.2. The third-order valence-electron chi connectivity index (χ3n) is 8.48. The second-order valence-electron chi connectivity index (χ2n) is 11.8. The molecule has 11 nitrogen and oxygen atoms in total. The van der Waals surface area contributed by atoms with Crippen molar-refractivity contribution < 1.29 is 22.7 Å². The summed E-state index contributed by atoms with van der Waals surface area (Å²) >= 11 is 1.34. The lowest BCUT2D eigenvalue weighted by Gasteiger charge is -2.30. The number of amides is 2. The molecule has 2 amide bonds. The Hall–Kier alpha value is -2.06. The summed E-state index contributed by atoms with van der Waals surface area (Å²) in [5.41, 5.74) is 5.57. The van der Waals surface area contributed by atoms with Crippen molar-refractivity contribution in [3.8, 4) is 0 Å². The smallest absolute Gasteiger partial charge is 0.243 e. The molecule has 13 heteroatoms. The summed E-state index contributed by atoms with van der Waals surface area (Å²) in [6.07, 6.45) is 10.2. The summed E-state index contributed by atoms with van der Waals surface area (Å²) < 4.78 is 33.4. The molecule has 4 rings (SSSR count). The van der Waals surface area contributed by atoms with E-state index in [4.69, 9.17) is 15.9 Å². The molecule has 0 bridgehead atoms. The quantitative estimate of drug-likeness (QED) is 0.168. The van der Waals surface area contributed by atoms with Crippen LogP contribution >= 0.6 is 11.3 Å². The van der Waals surface area contributed by atoms with Crippen molar-refractivity contribution in [2.75, 3.05) is 32.5 Å². The zero-order valence-electron chi connectivity index (χ0n) is 24.0. The van der Waals surface area contributed by atoms with E-state index in [-0.39, 0.29) is 36.8 Å². The van der Waals surface area contributed by atoms with Crippen LogP contribution in [0.5, 0.6) is 0 Å². The van der Waals surface area contributed by atoms with Crippen LogP contribution in [0.2, 0.25) is 0 Å². The van der Waals surface area contributed by atoms with Gasteiger partial charge in [0.15, 0.2) is 0 Å². The van der Waals surface area contributed by atoms with Crippen molar-refractivity contribution in [2.24, 2.45) is 17.6 Å². The summed E-state index contributed by atoms with van der Waals surface area (Å²) in [6.45, 7) is 2.98. The summed E-state index contributed by atoms with van der Waals surface area (Å²) in [5, 5.41) is 13.9. The molecule has 3 aliphatic rings. The van der Waals surface area contributed by atoms with Crippen LogP contribution in [0.15, 0.2) is 12.1 Å². The van der Waals surface area contributed by atoms with Crippen LogP contribution < -0.4 is 21.1 Å². The fraction of sp³-hybridized carbons (Fsp3) is 0.750. The molecule has 0 aromatic carbocycles. The van der Waals surface area contributed by atoms with Gasteiger partial charge in [0.25, 0.3) is 0 Å². The van der Waals surface area contributed by atoms with E-state index in [2.05, 4.69) is 15.4 Å². The lowest BCUT2D eigenvalue weighted by Crippen LogP contribution is -2.53. The van der Waals surface area contributed by atoms with Gasteiger partial charge >= 0.3 is 0 Å². The normalized spacial score (nSPS) is 23.4. The summed E-state index contributed by atoms with van der Waals surface area (Å²) in [7, 11) is -3.65. The first-order valence-corrected chi connectivity index (χ1v) is 17.6. The van der Waals surface area contributed by atoms with E-state index in [0.29, 0.717) is 36.2 Å². The van der Waals surface area contributed by atoms with Gasteiger partial charge in [-0.2, -0.15) is 0 Å². The fourth-order valence-corrected chi connectivity index (χ4v) is 7.75. The molecule has 41 heavy (non-hydrogen) atoms. The molecule has 0 radical (unpaired) electrons. The predicted octanol–water partition coefficient (Wildman–Crippen LogP) is 1.91. The number of nitrogen functional groups attached to an aromatic ring is 1. The number of rotatable bonds is 13. The molecule has 230 valence electrons. The van der Waals surface area contributed by atoms with Crippen LogP contribution in [-0.2, 0) is 30.9 Å². The Morgan fingerprint density at radius 1 is 1.17 bits per heavy atom. The molecule has 2 saturated heterocycles. The van der Waals surface area contributed by atoms with E-state index in [0.717, 1.165) is 56.3 Å². The maximum absolute atomic E-state index is 13.9.